The second-order valence-electron chi connectivity index (χ2n) is 3.53. The van der Waals surface area contributed by atoms with Crippen LogP contribution in [0.1, 0.15) is 29.3 Å². The maximum Gasteiger partial charge on any atom is 0.336 e. The van der Waals surface area contributed by atoms with Crippen LogP contribution in [-0.4, -0.2) is 22.6 Å². The maximum absolute atomic E-state index is 10.8. The van der Waals surface area contributed by atoms with Gasteiger partial charge < -0.3 is 9.84 Å². The molecule has 1 rings (SSSR count). The van der Waals surface area contributed by atoms with Gasteiger partial charge in [-0.1, -0.05) is 6.92 Å². The van der Waals surface area contributed by atoms with Gasteiger partial charge in [-0.25, -0.2) is 4.79 Å². The molecule has 0 aliphatic rings. The quantitative estimate of drug-likeness (QED) is 0.629. The highest BCUT2D eigenvalue weighted by Crippen LogP contribution is 2.29. The number of hydrogen-bond acceptors (Lipinski definition) is 4. The number of aromatic carboxylic acids is 1. The third-order valence-electron chi connectivity index (χ3n) is 2.24. The average molecular weight is 239 g/mol. The van der Waals surface area contributed by atoms with Crippen LogP contribution >= 0.6 is 0 Å². The topological polar surface area (TPSA) is 89.7 Å². The first-order chi connectivity index (χ1) is 7.97. The lowest BCUT2D eigenvalue weighted by Gasteiger charge is -2.09. The Morgan fingerprint density at radius 1 is 1.53 bits per heavy atom. The fraction of sp³-hybridized carbons (Fsp3) is 0.364. The van der Waals surface area contributed by atoms with Crippen molar-refractivity contribution in [3.63, 3.8) is 0 Å². The van der Waals surface area contributed by atoms with Crippen LogP contribution in [0.15, 0.2) is 12.1 Å². The highest BCUT2D eigenvalue weighted by Gasteiger charge is 2.19. The normalized spacial score (nSPS) is 10.0. The lowest BCUT2D eigenvalue weighted by Crippen LogP contribution is -2.04. The summed E-state index contributed by atoms with van der Waals surface area (Å²) in [4.78, 5) is 21.0. The predicted octanol–water partition coefficient (Wildman–Crippen LogP) is 2.39. The smallest absolute Gasteiger partial charge is 0.336 e. The molecule has 6 heteroatoms. The molecule has 1 aromatic carbocycles. The summed E-state index contributed by atoms with van der Waals surface area (Å²) in [6, 6.07) is 2.34. The lowest BCUT2D eigenvalue weighted by molar-refractivity contribution is -0.385. The van der Waals surface area contributed by atoms with Crippen molar-refractivity contribution in [1.29, 1.82) is 0 Å². The number of benzene rings is 1. The van der Waals surface area contributed by atoms with Gasteiger partial charge in [0, 0.05) is 6.07 Å². The van der Waals surface area contributed by atoms with Gasteiger partial charge in [-0.15, -0.1) is 0 Å². The van der Waals surface area contributed by atoms with Crippen LogP contribution in [0.4, 0.5) is 5.69 Å². The molecule has 1 N–H and O–H groups in total. The fourth-order valence-electron chi connectivity index (χ4n) is 1.35. The zero-order chi connectivity index (χ0) is 13.0. The van der Waals surface area contributed by atoms with Crippen molar-refractivity contribution in [3.05, 3.63) is 33.4 Å². The van der Waals surface area contributed by atoms with E-state index in [1.165, 1.54) is 13.0 Å². The van der Waals surface area contributed by atoms with Gasteiger partial charge in [-0.3, -0.25) is 10.1 Å². The molecule has 0 heterocycles. The zero-order valence-corrected chi connectivity index (χ0v) is 9.60. The van der Waals surface area contributed by atoms with E-state index in [0.29, 0.717) is 12.2 Å². The number of carbonyl (C=O) groups is 1. The molecule has 0 spiro atoms. The van der Waals surface area contributed by atoms with Gasteiger partial charge in [0.25, 0.3) is 5.69 Å². The van der Waals surface area contributed by atoms with E-state index in [9.17, 15) is 14.9 Å². The van der Waals surface area contributed by atoms with Crippen molar-refractivity contribution in [2.75, 3.05) is 6.61 Å². The van der Waals surface area contributed by atoms with Gasteiger partial charge >= 0.3 is 5.97 Å². The second-order valence-corrected chi connectivity index (χ2v) is 3.53. The van der Waals surface area contributed by atoms with Crippen molar-refractivity contribution < 1.29 is 19.6 Å². The monoisotopic (exact) mass is 239 g/mol. The number of carboxylic acid groups (broad SMARTS) is 1. The summed E-state index contributed by atoms with van der Waals surface area (Å²) in [6.07, 6.45) is 0.741. The van der Waals surface area contributed by atoms with E-state index in [4.69, 9.17) is 9.84 Å². The Morgan fingerprint density at radius 3 is 2.65 bits per heavy atom. The summed E-state index contributed by atoms with van der Waals surface area (Å²) in [7, 11) is 0. The van der Waals surface area contributed by atoms with Gasteiger partial charge in [0.1, 0.15) is 5.75 Å². The van der Waals surface area contributed by atoms with Gasteiger partial charge in [0.2, 0.25) is 0 Å². The van der Waals surface area contributed by atoms with E-state index in [0.717, 1.165) is 12.5 Å². The number of nitro benzene ring substituents is 1. The first kappa shape index (κ1) is 13.0. The highest BCUT2D eigenvalue weighted by molar-refractivity contribution is 5.89. The molecule has 0 atom stereocenters. The van der Waals surface area contributed by atoms with E-state index in [1.54, 1.807) is 0 Å². The number of rotatable bonds is 5. The molecule has 0 unspecified atom stereocenters. The summed E-state index contributed by atoms with van der Waals surface area (Å²) in [6.45, 7) is 3.82. The molecule has 0 saturated carbocycles. The summed E-state index contributed by atoms with van der Waals surface area (Å²) < 4.78 is 5.30. The van der Waals surface area contributed by atoms with Crippen LogP contribution in [0, 0.1) is 17.0 Å². The van der Waals surface area contributed by atoms with Crippen molar-refractivity contribution in [2.45, 2.75) is 20.3 Å². The highest BCUT2D eigenvalue weighted by atomic mass is 16.6. The van der Waals surface area contributed by atoms with Gasteiger partial charge in [0.05, 0.1) is 22.7 Å². The minimum absolute atomic E-state index is 0.145. The Hall–Kier alpha value is -2.11. The van der Waals surface area contributed by atoms with Gasteiger partial charge in [-0.2, -0.15) is 0 Å². The third kappa shape index (κ3) is 2.93. The van der Waals surface area contributed by atoms with E-state index >= 15 is 0 Å². The first-order valence-corrected chi connectivity index (χ1v) is 5.12. The van der Waals surface area contributed by atoms with Crippen LogP contribution < -0.4 is 4.74 Å². The van der Waals surface area contributed by atoms with Crippen molar-refractivity contribution >= 4 is 11.7 Å². The molecule has 1 aromatic rings. The van der Waals surface area contributed by atoms with Crippen LogP contribution in [-0.2, 0) is 0 Å². The number of hydrogen-bond donors (Lipinski definition) is 1. The standard InChI is InChI=1S/C11H13NO5/c1-3-4-17-10-6-8(11(13)14)5-9(7(10)2)12(15)16/h5-6H,3-4H2,1-2H3,(H,13,14). The SMILES string of the molecule is CCCOc1cc(C(=O)O)cc([N+](=O)[O-])c1C. The molecule has 0 bridgehead atoms. The van der Waals surface area contributed by atoms with Gasteiger partial charge in [-0.05, 0) is 19.4 Å². The van der Waals surface area contributed by atoms with Crippen molar-refractivity contribution in [3.8, 4) is 5.75 Å². The molecule has 0 radical (unpaired) electrons. The van der Waals surface area contributed by atoms with Crippen LogP contribution in [0.5, 0.6) is 5.75 Å². The fourth-order valence-corrected chi connectivity index (χ4v) is 1.35. The lowest BCUT2D eigenvalue weighted by atomic mass is 10.1. The largest absolute Gasteiger partial charge is 0.493 e. The summed E-state index contributed by atoms with van der Waals surface area (Å²) >= 11 is 0. The van der Waals surface area contributed by atoms with Gasteiger partial charge in [0.15, 0.2) is 0 Å². The third-order valence-corrected chi connectivity index (χ3v) is 2.24. The molecule has 0 amide bonds. The molecule has 17 heavy (non-hydrogen) atoms. The van der Waals surface area contributed by atoms with Crippen LogP contribution in [0.25, 0.3) is 0 Å². The average Bonchev–Trinajstić information content (AvgIpc) is 2.26. The first-order valence-electron chi connectivity index (χ1n) is 5.12. The molecule has 6 nitrogen and oxygen atoms in total. The number of ether oxygens (including phenoxy) is 1. The number of carboxylic acids is 1. The molecule has 0 aliphatic carbocycles. The minimum Gasteiger partial charge on any atom is -0.493 e. The van der Waals surface area contributed by atoms with Crippen LogP contribution in [0.2, 0.25) is 0 Å². The zero-order valence-electron chi connectivity index (χ0n) is 9.60. The van der Waals surface area contributed by atoms with E-state index in [-0.39, 0.29) is 17.0 Å². The summed E-state index contributed by atoms with van der Waals surface area (Å²) in [5.41, 5.74) is -0.0437. The van der Waals surface area contributed by atoms with Crippen molar-refractivity contribution in [2.24, 2.45) is 0 Å². The van der Waals surface area contributed by atoms with Crippen molar-refractivity contribution in [1.82, 2.24) is 0 Å². The Morgan fingerprint density at radius 2 is 2.18 bits per heavy atom. The Labute approximate surface area is 98.0 Å². The predicted molar refractivity (Wildman–Crippen MR) is 60.6 cm³/mol. The van der Waals surface area contributed by atoms with E-state index in [1.807, 2.05) is 6.92 Å². The molecular weight excluding hydrogens is 226 g/mol. The van der Waals surface area contributed by atoms with E-state index < -0.39 is 10.9 Å². The number of nitro groups is 1. The minimum atomic E-state index is -1.21. The summed E-state index contributed by atoms with van der Waals surface area (Å²) in [5.74, 6) is -0.965. The molecule has 0 saturated heterocycles. The Kier molecular flexibility index (Phi) is 4.03. The summed E-state index contributed by atoms with van der Waals surface area (Å²) in [5, 5.41) is 19.6. The Bertz CT molecular complexity index is 455. The molecule has 92 valence electrons. The second kappa shape index (κ2) is 5.29. The molecule has 0 fully saturated rings. The van der Waals surface area contributed by atoms with Crippen LogP contribution in [0.3, 0.4) is 0 Å². The molecule has 0 aromatic heterocycles. The Balaban J connectivity index is 3.27. The maximum atomic E-state index is 10.8. The number of nitrogens with zero attached hydrogens (tertiary/aromatic N) is 1. The molecular formula is C11H13NO5. The van der Waals surface area contributed by atoms with E-state index in [2.05, 4.69) is 0 Å². The molecule has 0 aliphatic heterocycles.